The predicted octanol–water partition coefficient (Wildman–Crippen LogP) is 4.40. The molecular formula is C15H10Cl2N4OS. The number of hydrogen-bond donors (Lipinski definition) is 2. The molecule has 0 bridgehead atoms. The Hall–Kier alpha value is -2.15. The Bertz CT molecular complexity index is 867. The van der Waals surface area contributed by atoms with E-state index in [1.807, 2.05) is 6.07 Å². The topological polar surface area (TPSA) is 80.9 Å². The molecule has 0 aliphatic heterocycles. The molecule has 0 radical (unpaired) electrons. The number of nitrogens with one attached hydrogen (secondary N) is 1. The summed E-state index contributed by atoms with van der Waals surface area (Å²) in [5.74, 6) is -0.140. The maximum Gasteiger partial charge on any atom is 0.208 e. The first-order valence-electron chi connectivity index (χ1n) is 6.47. The van der Waals surface area contributed by atoms with Crippen LogP contribution in [0.4, 0.5) is 16.6 Å². The normalized spacial score (nSPS) is 10.5. The van der Waals surface area contributed by atoms with Crippen molar-refractivity contribution >= 4 is 57.0 Å². The van der Waals surface area contributed by atoms with E-state index in [9.17, 15) is 4.79 Å². The summed E-state index contributed by atoms with van der Waals surface area (Å²) < 4.78 is 0. The van der Waals surface area contributed by atoms with E-state index in [1.54, 1.807) is 30.6 Å². The van der Waals surface area contributed by atoms with E-state index < -0.39 is 0 Å². The van der Waals surface area contributed by atoms with Crippen LogP contribution >= 0.6 is 34.5 Å². The smallest absolute Gasteiger partial charge is 0.208 e. The van der Waals surface area contributed by atoms with E-state index in [1.165, 1.54) is 6.07 Å². The molecule has 0 unspecified atom stereocenters. The molecular weight excluding hydrogens is 355 g/mol. The maximum atomic E-state index is 12.6. The number of pyridine rings is 1. The SMILES string of the molecule is Nc1nc(Nc2cccnc2)sc1C(=O)c1ccc(Cl)cc1Cl. The van der Waals surface area contributed by atoms with Gasteiger partial charge in [-0.1, -0.05) is 34.5 Å². The molecule has 23 heavy (non-hydrogen) atoms. The molecule has 3 aromatic rings. The Labute approximate surface area is 146 Å². The monoisotopic (exact) mass is 364 g/mol. The molecule has 8 heteroatoms. The largest absolute Gasteiger partial charge is 0.382 e. The van der Waals surface area contributed by atoms with Crippen molar-refractivity contribution in [2.75, 3.05) is 11.1 Å². The highest BCUT2D eigenvalue weighted by Gasteiger charge is 2.20. The van der Waals surface area contributed by atoms with E-state index in [-0.39, 0.29) is 16.6 Å². The van der Waals surface area contributed by atoms with Crippen molar-refractivity contribution < 1.29 is 4.79 Å². The van der Waals surface area contributed by atoms with Crippen LogP contribution in [0.1, 0.15) is 15.2 Å². The van der Waals surface area contributed by atoms with Crippen molar-refractivity contribution in [1.29, 1.82) is 0 Å². The Kier molecular flexibility index (Phi) is 4.47. The first kappa shape index (κ1) is 15.7. The fourth-order valence-electron chi connectivity index (χ4n) is 1.90. The number of nitrogens with two attached hydrogens (primary N) is 1. The quantitative estimate of drug-likeness (QED) is 0.670. The van der Waals surface area contributed by atoms with Gasteiger partial charge in [0.2, 0.25) is 5.78 Å². The average Bonchev–Trinajstić information content (AvgIpc) is 2.88. The molecule has 0 atom stereocenters. The number of ketones is 1. The van der Waals surface area contributed by atoms with Gasteiger partial charge in [-0.15, -0.1) is 0 Å². The predicted molar refractivity (Wildman–Crippen MR) is 93.9 cm³/mol. The number of halogens is 2. The van der Waals surface area contributed by atoms with Crippen LogP contribution in [0.3, 0.4) is 0 Å². The van der Waals surface area contributed by atoms with Gasteiger partial charge in [-0.05, 0) is 30.3 Å². The van der Waals surface area contributed by atoms with Gasteiger partial charge in [0.15, 0.2) is 5.13 Å². The summed E-state index contributed by atoms with van der Waals surface area (Å²) in [4.78, 5) is 21.1. The molecule has 0 aliphatic carbocycles. The van der Waals surface area contributed by atoms with E-state index in [4.69, 9.17) is 28.9 Å². The number of nitrogens with zero attached hydrogens (tertiary/aromatic N) is 2. The molecule has 0 aliphatic rings. The van der Waals surface area contributed by atoms with Crippen molar-refractivity contribution in [1.82, 2.24) is 9.97 Å². The second kappa shape index (κ2) is 6.54. The number of aromatic nitrogens is 2. The van der Waals surface area contributed by atoms with Crippen molar-refractivity contribution in [2.45, 2.75) is 0 Å². The average molecular weight is 365 g/mol. The minimum Gasteiger partial charge on any atom is -0.382 e. The zero-order valence-electron chi connectivity index (χ0n) is 11.6. The minimum absolute atomic E-state index is 0.150. The van der Waals surface area contributed by atoms with Gasteiger partial charge < -0.3 is 11.1 Å². The van der Waals surface area contributed by atoms with E-state index in [0.29, 0.717) is 20.6 Å². The van der Waals surface area contributed by atoms with E-state index in [2.05, 4.69) is 15.3 Å². The first-order valence-corrected chi connectivity index (χ1v) is 8.05. The van der Waals surface area contributed by atoms with Crippen molar-refractivity contribution in [3.05, 3.63) is 63.2 Å². The van der Waals surface area contributed by atoms with Crippen molar-refractivity contribution in [2.24, 2.45) is 0 Å². The van der Waals surface area contributed by atoms with Crippen LogP contribution in [0.15, 0.2) is 42.7 Å². The number of anilines is 3. The van der Waals surface area contributed by atoms with Gasteiger partial charge in [-0.3, -0.25) is 9.78 Å². The molecule has 2 aromatic heterocycles. The highest BCUT2D eigenvalue weighted by atomic mass is 35.5. The highest BCUT2D eigenvalue weighted by molar-refractivity contribution is 7.18. The van der Waals surface area contributed by atoms with E-state index >= 15 is 0 Å². The molecule has 3 rings (SSSR count). The third-order valence-corrected chi connectivity index (χ3v) is 4.48. The van der Waals surface area contributed by atoms with Crippen LogP contribution in [0.25, 0.3) is 0 Å². The van der Waals surface area contributed by atoms with E-state index in [0.717, 1.165) is 17.0 Å². The number of thiazole rings is 1. The second-order valence-electron chi connectivity index (χ2n) is 4.55. The zero-order chi connectivity index (χ0) is 16.4. The van der Waals surface area contributed by atoms with Gasteiger partial charge in [0.05, 0.1) is 16.9 Å². The molecule has 0 spiro atoms. The van der Waals surface area contributed by atoms with Gasteiger partial charge in [0, 0.05) is 16.8 Å². The zero-order valence-corrected chi connectivity index (χ0v) is 13.9. The lowest BCUT2D eigenvalue weighted by molar-refractivity contribution is 0.104. The summed E-state index contributed by atoms with van der Waals surface area (Å²) in [7, 11) is 0. The molecule has 116 valence electrons. The number of rotatable bonds is 4. The highest BCUT2D eigenvalue weighted by Crippen LogP contribution is 2.31. The summed E-state index contributed by atoms with van der Waals surface area (Å²) in [6.07, 6.45) is 3.31. The first-order chi connectivity index (χ1) is 11.0. The summed E-state index contributed by atoms with van der Waals surface area (Å²) in [6.45, 7) is 0. The Morgan fingerprint density at radius 1 is 1.26 bits per heavy atom. The molecule has 0 fully saturated rings. The lowest BCUT2D eigenvalue weighted by Crippen LogP contribution is -2.03. The summed E-state index contributed by atoms with van der Waals surface area (Å²) in [5, 5.41) is 4.29. The third kappa shape index (κ3) is 3.44. The standard InChI is InChI=1S/C15H10Cl2N4OS/c16-8-3-4-10(11(17)6-8)12(22)13-14(18)21-15(23-13)20-9-2-1-5-19-7-9/h1-7H,18H2,(H,20,21). The van der Waals surface area contributed by atoms with Crippen LogP contribution in [0.5, 0.6) is 0 Å². The van der Waals surface area contributed by atoms with Gasteiger partial charge in [0.1, 0.15) is 10.7 Å². The van der Waals surface area contributed by atoms with Crippen LogP contribution in [-0.2, 0) is 0 Å². The molecule has 0 amide bonds. The third-order valence-electron chi connectivity index (χ3n) is 2.95. The Balaban J connectivity index is 1.90. The Morgan fingerprint density at radius 2 is 2.09 bits per heavy atom. The number of carbonyl (C=O) groups is 1. The Morgan fingerprint density at radius 3 is 2.78 bits per heavy atom. The van der Waals surface area contributed by atoms with Crippen molar-refractivity contribution in [3.63, 3.8) is 0 Å². The number of benzene rings is 1. The van der Waals surface area contributed by atoms with Crippen LogP contribution < -0.4 is 11.1 Å². The molecule has 1 aromatic carbocycles. The fourth-order valence-corrected chi connectivity index (χ4v) is 3.26. The molecule has 5 nitrogen and oxygen atoms in total. The summed E-state index contributed by atoms with van der Waals surface area (Å²) in [6, 6.07) is 8.32. The van der Waals surface area contributed by atoms with Gasteiger partial charge in [-0.25, -0.2) is 4.98 Å². The maximum absolute atomic E-state index is 12.6. The van der Waals surface area contributed by atoms with Crippen LogP contribution in [-0.4, -0.2) is 15.8 Å². The van der Waals surface area contributed by atoms with Gasteiger partial charge >= 0.3 is 0 Å². The van der Waals surface area contributed by atoms with Crippen molar-refractivity contribution in [3.8, 4) is 0 Å². The van der Waals surface area contributed by atoms with Gasteiger partial charge in [-0.2, -0.15) is 0 Å². The summed E-state index contributed by atoms with van der Waals surface area (Å²) in [5.41, 5.74) is 6.95. The minimum atomic E-state index is -0.291. The lowest BCUT2D eigenvalue weighted by Gasteiger charge is -2.02. The number of hydrogen-bond acceptors (Lipinski definition) is 6. The summed E-state index contributed by atoms with van der Waals surface area (Å²) >= 11 is 13.1. The van der Waals surface area contributed by atoms with Crippen LogP contribution in [0, 0.1) is 0 Å². The number of nitrogen functional groups attached to an aromatic ring is 1. The molecule has 2 heterocycles. The molecule has 0 saturated heterocycles. The molecule has 0 saturated carbocycles. The van der Waals surface area contributed by atoms with Crippen LogP contribution in [0.2, 0.25) is 10.0 Å². The second-order valence-corrected chi connectivity index (χ2v) is 6.40. The fraction of sp³-hybridized carbons (Fsp3) is 0. The number of carbonyl (C=O) groups excluding carboxylic acids is 1. The molecule has 3 N–H and O–H groups in total. The lowest BCUT2D eigenvalue weighted by atomic mass is 10.1. The van der Waals surface area contributed by atoms with Gasteiger partial charge in [0.25, 0.3) is 0 Å².